The van der Waals surface area contributed by atoms with Crippen molar-refractivity contribution in [1.29, 1.82) is 0 Å². The maximum Gasteiger partial charge on any atom is 0.246 e. The molecule has 3 heterocycles. The van der Waals surface area contributed by atoms with Gasteiger partial charge in [0.25, 0.3) is 0 Å². The molecule has 1 spiro atoms. The zero-order valence-corrected chi connectivity index (χ0v) is 23.5. The first kappa shape index (κ1) is 26.5. The van der Waals surface area contributed by atoms with Crippen LogP contribution in [0.25, 0.3) is 0 Å². The van der Waals surface area contributed by atoms with Crippen LogP contribution in [0.5, 0.6) is 0 Å². The van der Waals surface area contributed by atoms with Gasteiger partial charge in [-0.05, 0) is 68.1 Å². The number of benzene rings is 1. The van der Waals surface area contributed by atoms with Crippen LogP contribution in [0.3, 0.4) is 0 Å². The molecule has 2 aliphatic carbocycles. The Morgan fingerprint density at radius 2 is 1.67 bits per heavy atom. The smallest absolute Gasteiger partial charge is 0.246 e. The number of fused-ring (bicyclic) bond motifs is 1. The number of likely N-dealkylation sites (tertiary alicyclic amines) is 1. The molecule has 3 amide bonds. The van der Waals surface area contributed by atoms with Crippen molar-refractivity contribution >= 4 is 23.4 Å². The summed E-state index contributed by atoms with van der Waals surface area (Å²) in [6.07, 6.45) is 12.6. The van der Waals surface area contributed by atoms with Gasteiger partial charge in [-0.3, -0.25) is 14.4 Å². The molecule has 7 heteroatoms. The highest BCUT2D eigenvalue weighted by atomic mass is 16.5. The summed E-state index contributed by atoms with van der Waals surface area (Å²) in [5, 5.41) is 6.35. The molecule has 3 aliphatic heterocycles. The number of amides is 3. The van der Waals surface area contributed by atoms with Gasteiger partial charge < -0.3 is 20.3 Å². The summed E-state index contributed by atoms with van der Waals surface area (Å²) in [5.74, 6) is -0.757. The summed E-state index contributed by atoms with van der Waals surface area (Å²) < 4.78 is 6.55. The van der Waals surface area contributed by atoms with Crippen LogP contribution in [-0.4, -0.2) is 52.5 Å². The number of nitrogens with zero attached hydrogens (tertiary/aromatic N) is 1. The molecule has 2 saturated heterocycles. The van der Waals surface area contributed by atoms with Crippen LogP contribution in [0.15, 0.2) is 36.4 Å². The monoisotopic (exact) mass is 533 g/mol. The molecule has 7 nitrogen and oxygen atoms in total. The Bertz CT molecular complexity index is 1130. The third-order valence-corrected chi connectivity index (χ3v) is 10.0. The summed E-state index contributed by atoms with van der Waals surface area (Å²) in [5.41, 5.74) is 0.821. The predicted molar refractivity (Wildman–Crippen MR) is 150 cm³/mol. The molecule has 0 radical (unpaired) electrons. The summed E-state index contributed by atoms with van der Waals surface area (Å²) in [7, 11) is 0. The second-order valence-electron chi connectivity index (χ2n) is 13.0. The second kappa shape index (κ2) is 10.4. The van der Waals surface area contributed by atoms with E-state index in [1.165, 1.54) is 12.0 Å². The van der Waals surface area contributed by atoms with Gasteiger partial charge in [-0.25, -0.2) is 0 Å². The molecule has 2 saturated carbocycles. The van der Waals surface area contributed by atoms with E-state index < -0.39 is 29.6 Å². The lowest BCUT2D eigenvalue weighted by atomic mass is 9.74. The standard InChI is InChI=1S/C32H43N3O4/c1-19(2)21-11-13-23(14-12-21)33-29(36)26-25-17-18-32(39-25)27(26)31(38)35(24-15-9-20(3)10-16-24)28(32)30(37)34-22-7-5-4-6-8-22/h11-14,17-20,22,24-28H,4-10,15-16H2,1-3H3,(H,33,36)(H,34,37)/t20?,24?,25-,26-,27-,28+,32+/m1/s1. The van der Waals surface area contributed by atoms with Crippen LogP contribution < -0.4 is 10.6 Å². The fourth-order valence-corrected chi connectivity index (χ4v) is 7.82. The second-order valence-corrected chi connectivity index (χ2v) is 13.0. The van der Waals surface area contributed by atoms with E-state index in [0.717, 1.165) is 51.4 Å². The Morgan fingerprint density at radius 1 is 0.974 bits per heavy atom. The van der Waals surface area contributed by atoms with E-state index in [4.69, 9.17) is 4.74 Å². The van der Waals surface area contributed by atoms with Gasteiger partial charge >= 0.3 is 0 Å². The Balaban J connectivity index is 1.29. The minimum atomic E-state index is -1.09. The highest BCUT2D eigenvalue weighted by Gasteiger charge is 2.73. The molecule has 4 fully saturated rings. The predicted octanol–water partition coefficient (Wildman–Crippen LogP) is 4.93. The van der Waals surface area contributed by atoms with Crippen molar-refractivity contribution in [2.75, 3.05) is 5.32 Å². The SMILES string of the molecule is CC1CCC(N2C(=O)[C@H]3[C@H](C(=O)Nc4ccc(C(C)C)cc4)[C@H]4C=C[C@@]3(O4)[C@@H]2C(=O)NC2CCCCC2)CC1. The Labute approximate surface area is 232 Å². The molecule has 6 rings (SSSR count). The van der Waals surface area contributed by atoms with E-state index >= 15 is 0 Å². The molecule has 210 valence electrons. The lowest BCUT2D eigenvalue weighted by Gasteiger charge is -2.40. The first-order chi connectivity index (χ1) is 18.8. The van der Waals surface area contributed by atoms with Crippen LogP contribution >= 0.6 is 0 Å². The van der Waals surface area contributed by atoms with Gasteiger partial charge in [0.2, 0.25) is 17.7 Å². The maximum absolute atomic E-state index is 14.3. The molecule has 1 aromatic rings. The van der Waals surface area contributed by atoms with Crippen LogP contribution in [0, 0.1) is 17.8 Å². The molecule has 5 atom stereocenters. The first-order valence-corrected chi connectivity index (χ1v) is 15.2. The Hall–Kier alpha value is -2.67. The van der Waals surface area contributed by atoms with Gasteiger partial charge in [-0.15, -0.1) is 0 Å². The number of hydrogen-bond donors (Lipinski definition) is 2. The maximum atomic E-state index is 14.3. The Morgan fingerprint density at radius 3 is 2.33 bits per heavy atom. The van der Waals surface area contributed by atoms with Crippen molar-refractivity contribution in [2.24, 2.45) is 17.8 Å². The fraction of sp³-hybridized carbons (Fsp3) is 0.656. The number of anilines is 1. The average Bonchev–Trinajstić information content (AvgIpc) is 3.57. The van der Waals surface area contributed by atoms with Gasteiger partial charge in [-0.2, -0.15) is 0 Å². The van der Waals surface area contributed by atoms with Crippen LogP contribution in [0.1, 0.15) is 90.0 Å². The van der Waals surface area contributed by atoms with E-state index in [9.17, 15) is 14.4 Å². The number of rotatable bonds is 6. The molecule has 2 bridgehead atoms. The van der Waals surface area contributed by atoms with Crippen LogP contribution in [-0.2, 0) is 19.1 Å². The number of carbonyl (C=O) groups excluding carboxylic acids is 3. The van der Waals surface area contributed by atoms with E-state index in [0.29, 0.717) is 17.5 Å². The third-order valence-electron chi connectivity index (χ3n) is 10.0. The summed E-state index contributed by atoms with van der Waals surface area (Å²) >= 11 is 0. The molecule has 1 aromatic carbocycles. The van der Waals surface area contributed by atoms with Crippen molar-refractivity contribution in [2.45, 2.75) is 114 Å². The van der Waals surface area contributed by atoms with E-state index in [2.05, 4.69) is 31.4 Å². The van der Waals surface area contributed by atoms with E-state index in [1.807, 2.05) is 41.3 Å². The van der Waals surface area contributed by atoms with E-state index in [1.54, 1.807) is 0 Å². The topological polar surface area (TPSA) is 87.7 Å². The summed E-state index contributed by atoms with van der Waals surface area (Å²) in [4.78, 5) is 43.9. The normalized spacial score (nSPS) is 35.9. The van der Waals surface area contributed by atoms with Crippen LogP contribution in [0.4, 0.5) is 5.69 Å². The van der Waals surface area contributed by atoms with Gasteiger partial charge in [0.1, 0.15) is 11.6 Å². The highest BCUT2D eigenvalue weighted by molar-refractivity contribution is 6.03. The lowest BCUT2D eigenvalue weighted by molar-refractivity contribution is -0.145. The summed E-state index contributed by atoms with van der Waals surface area (Å²) in [6.45, 7) is 6.53. The minimum Gasteiger partial charge on any atom is -0.359 e. The van der Waals surface area contributed by atoms with Crippen LogP contribution in [0.2, 0.25) is 0 Å². The van der Waals surface area contributed by atoms with Gasteiger partial charge in [0.05, 0.1) is 17.9 Å². The number of nitrogens with one attached hydrogen (secondary N) is 2. The average molecular weight is 534 g/mol. The fourth-order valence-electron chi connectivity index (χ4n) is 7.82. The van der Waals surface area contributed by atoms with Crippen molar-refractivity contribution in [3.05, 3.63) is 42.0 Å². The molecular formula is C32H43N3O4. The first-order valence-electron chi connectivity index (χ1n) is 15.2. The minimum absolute atomic E-state index is 0.000815. The van der Waals surface area contributed by atoms with Gasteiger partial charge in [-0.1, -0.05) is 64.3 Å². The quantitative estimate of drug-likeness (QED) is 0.508. The third kappa shape index (κ3) is 4.60. The largest absolute Gasteiger partial charge is 0.359 e. The zero-order chi connectivity index (χ0) is 27.3. The van der Waals surface area contributed by atoms with Crippen molar-refractivity contribution in [3.8, 4) is 0 Å². The van der Waals surface area contributed by atoms with Gasteiger partial charge in [0, 0.05) is 17.8 Å². The number of carbonyl (C=O) groups is 3. The lowest BCUT2D eigenvalue weighted by Crippen LogP contribution is -2.58. The van der Waals surface area contributed by atoms with E-state index in [-0.39, 0.29) is 29.8 Å². The zero-order valence-electron chi connectivity index (χ0n) is 23.5. The summed E-state index contributed by atoms with van der Waals surface area (Å²) in [6, 6.07) is 7.28. The molecule has 5 aliphatic rings. The Kier molecular flexibility index (Phi) is 7.07. The number of hydrogen-bond acceptors (Lipinski definition) is 4. The molecule has 39 heavy (non-hydrogen) atoms. The number of ether oxygens (including phenoxy) is 1. The molecule has 0 unspecified atom stereocenters. The van der Waals surface area contributed by atoms with Crippen molar-refractivity contribution in [3.63, 3.8) is 0 Å². The molecule has 0 aromatic heterocycles. The van der Waals surface area contributed by atoms with Crippen molar-refractivity contribution < 1.29 is 19.1 Å². The molecule has 2 N–H and O–H groups in total. The highest BCUT2D eigenvalue weighted by Crippen LogP contribution is 2.56. The molecular weight excluding hydrogens is 490 g/mol. The van der Waals surface area contributed by atoms with Gasteiger partial charge in [0.15, 0.2) is 0 Å². The van der Waals surface area contributed by atoms with Crippen molar-refractivity contribution in [1.82, 2.24) is 10.2 Å².